The lowest BCUT2D eigenvalue weighted by Gasteiger charge is -2.50. The van der Waals surface area contributed by atoms with Gasteiger partial charge in [-0.25, -0.2) is 9.59 Å². The summed E-state index contributed by atoms with van der Waals surface area (Å²) in [5.74, 6) is -7.67. The third kappa shape index (κ3) is 1.92. The summed E-state index contributed by atoms with van der Waals surface area (Å²) in [7, 11) is 0. The molecule has 12 nitrogen and oxygen atoms in total. The third-order valence-corrected chi connectivity index (χ3v) is 8.61. The summed E-state index contributed by atoms with van der Waals surface area (Å²) in [6.45, 7) is 6.03. The third-order valence-electron chi connectivity index (χ3n) is 8.61. The van der Waals surface area contributed by atoms with Crippen molar-refractivity contribution in [1.29, 1.82) is 0 Å². The molecule has 0 unspecified atom stereocenters. The first-order valence-corrected chi connectivity index (χ1v) is 10.3. The van der Waals surface area contributed by atoms with Crippen molar-refractivity contribution in [3.63, 3.8) is 0 Å². The summed E-state index contributed by atoms with van der Waals surface area (Å²) in [5.41, 5.74) is -11.4. The van der Waals surface area contributed by atoms with Gasteiger partial charge in [-0.1, -0.05) is 20.8 Å². The molecule has 180 valence electrons. The van der Waals surface area contributed by atoms with E-state index in [1.807, 2.05) is 0 Å². The normalized spacial score (nSPS) is 51.2. The van der Waals surface area contributed by atoms with E-state index in [0.717, 1.165) is 6.92 Å². The molecule has 11 atom stereocenters. The van der Waals surface area contributed by atoms with E-state index in [0.29, 0.717) is 0 Å². The zero-order valence-electron chi connectivity index (χ0n) is 17.9. The largest absolute Gasteiger partial charge is 0.481 e. The van der Waals surface area contributed by atoms with Crippen LogP contribution in [0.3, 0.4) is 0 Å². The van der Waals surface area contributed by atoms with Crippen LogP contribution < -0.4 is 0 Å². The second-order valence-electron chi connectivity index (χ2n) is 10.5. The van der Waals surface area contributed by atoms with Gasteiger partial charge in [0.1, 0.15) is 17.8 Å². The molecule has 1 spiro atoms. The van der Waals surface area contributed by atoms with Crippen molar-refractivity contribution >= 4 is 17.9 Å². The number of carboxylic acids is 2. The molecule has 4 aliphatic rings. The van der Waals surface area contributed by atoms with Gasteiger partial charge in [0, 0.05) is 0 Å². The van der Waals surface area contributed by atoms with E-state index in [1.54, 1.807) is 20.8 Å². The Morgan fingerprint density at radius 1 is 1.09 bits per heavy atom. The van der Waals surface area contributed by atoms with Gasteiger partial charge in [0.25, 0.3) is 0 Å². The Kier molecular flexibility index (Phi) is 4.51. The fourth-order valence-electron chi connectivity index (χ4n) is 7.52. The first kappa shape index (κ1) is 23.3. The maximum atomic E-state index is 13.3. The number of carboxylic acid groups (broad SMARTS) is 2. The molecule has 2 aliphatic carbocycles. The van der Waals surface area contributed by atoms with Crippen molar-refractivity contribution in [2.75, 3.05) is 0 Å². The number of esters is 1. The Balaban J connectivity index is 2.15. The van der Waals surface area contributed by atoms with Crippen LogP contribution in [-0.4, -0.2) is 95.6 Å². The standard InChI is InChI=1S/C20H28O12/c1-6(12(24)25)19(30)10(22)9(21)18-8-5-7(16(2,3)4)17(18,11(23)13(26)27)14(28)32-20(18,19)15(29)31-8/h6-11,14,21-23,28,30H,5H2,1-4H3,(H,24,25)(H,26,27)/t6-,7+,8-,9-,10+,11+,14+,17+,18+,19-,20-/m1/s1. The highest BCUT2D eigenvalue weighted by Gasteiger charge is 3.00. The minimum absolute atomic E-state index is 0.136. The lowest BCUT2D eigenvalue weighted by atomic mass is 9.50. The first-order chi connectivity index (χ1) is 14.5. The highest BCUT2D eigenvalue weighted by atomic mass is 16.7. The van der Waals surface area contributed by atoms with Crippen LogP contribution >= 0.6 is 0 Å². The number of hydrogen-bond donors (Lipinski definition) is 7. The fraction of sp³-hybridized carbons (Fsp3) is 0.850. The van der Waals surface area contributed by atoms with E-state index in [2.05, 4.69) is 0 Å². The highest BCUT2D eigenvalue weighted by molar-refractivity contribution is 5.91. The molecule has 2 aliphatic heterocycles. The molecule has 2 heterocycles. The van der Waals surface area contributed by atoms with Crippen LogP contribution in [0.4, 0.5) is 0 Å². The molecule has 0 aromatic carbocycles. The zero-order valence-corrected chi connectivity index (χ0v) is 17.9. The van der Waals surface area contributed by atoms with Gasteiger partial charge in [0.2, 0.25) is 5.60 Å². The van der Waals surface area contributed by atoms with Gasteiger partial charge >= 0.3 is 17.9 Å². The van der Waals surface area contributed by atoms with Crippen molar-refractivity contribution in [2.24, 2.45) is 28.1 Å². The zero-order chi connectivity index (χ0) is 24.4. The molecule has 12 heteroatoms. The second-order valence-corrected chi connectivity index (χ2v) is 10.5. The second kappa shape index (κ2) is 6.19. The van der Waals surface area contributed by atoms with Crippen molar-refractivity contribution < 1.29 is 59.6 Å². The number of rotatable bonds is 4. The quantitative estimate of drug-likeness (QED) is 0.220. The summed E-state index contributed by atoms with van der Waals surface area (Å²) in [4.78, 5) is 37.2. The summed E-state index contributed by atoms with van der Waals surface area (Å²) < 4.78 is 11.0. The first-order valence-electron chi connectivity index (χ1n) is 10.3. The average Bonchev–Trinajstić information content (AvgIpc) is 3.26. The lowest BCUT2D eigenvalue weighted by molar-refractivity contribution is -0.267. The van der Waals surface area contributed by atoms with E-state index in [-0.39, 0.29) is 6.42 Å². The molecule has 7 N–H and O–H groups in total. The van der Waals surface area contributed by atoms with E-state index >= 15 is 0 Å². The molecule has 0 bridgehead atoms. The Hall–Kier alpha value is -1.83. The Bertz CT molecular complexity index is 898. The number of carbonyl (C=O) groups is 3. The van der Waals surface area contributed by atoms with E-state index in [9.17, 15) is 50.1 Å². The number of aliphatic carboxylic acids is 2. The molecule has 2 saturated heterocycles. The fourth-order valence-corrected chi connectivity index (χ4v) is 7.52. The average molecular weight is 460 g/mol. The number of hydrogen-bond acceptors (Lipinski definition) is 10. The van der Waals surface area contributed by atoms with E-state index in [4.69, 9.17) is 9.47 Å². The van der Waals surface area contributed by atoms with Crippen LogP contribution in [0, 0.1) is 28.1 Å². The van der Waals surface area contributed by atoms with Gasteiger partial charge < -0.3 is 45.2 Å². The molecular weight excluding hydrogens is 432 g/mol. The summed E-state index contributed by atoms with van der Waals surface area (Å²) >= 11 is 0. The minimum atomic E-state index is -3.02. The smallest absolute Gasteiger partial charge is 0.342 e. The maximum absolute atomic E-state index is 13.3. The SMILES string of the molecule is C[C@H](C(=O)O)[C@@]1(O)[C@@H](O)[C@@H](O)[C@@]23[C@H]4C[C@@H](C(C)(C)C)[C@]2([C@@H](O)C(=O)O)[C@@H](O)O[C@@]13C(=O)O4. The number of carbonyl (C=O) groups excluding carboxylic acids is 1. The summed E-state index contributed by atoms with van der Waals surface area (Å²) in [5, 5.41) is 75.5. The van der Waals surface area contributed by atoms with Gasteiger partial charge in [0.05, 0.1) is 22.9 Å². The van der Waals surface area contributed by atoms with Crippen LogP contribution in [0.25, 0.3) is 0 Å². The number of ether oxygens (including phenoxy) is 2. The van der Waals surface area contributed by atoms with Gasteiger partial charge in [-0.05, 0) is 24.7 Å². The van der Waals surface area contributed by atoms with Crippen molar-refractivity contribution in [2.45, 2.75) is 76.0 Å². The van der Waals surface area contributed by atoms with Gasteiger partial charge in [-0.2, -0.15) is 0 Å². The Morgan fingerprint density at radius 3 is 2.12 bits per heavy atom. The van der Waals surface area contributed by atoms with Crippen LogP contribution in [0.2, 0.25) is 0 Å². The predicted octanol–water partition coefficient (Wildman–Crippen LogP) is -2.33. The van der Waals surface area contributed by atoms with E-state index in [1.165, 1.54) is 0 Å². The van der Waals surface area contributed by atoms with E-state index < -0.39 is 87.9 Å². The highest BCUT2D eigenvalue weighted by Crippen LogP contribution is 2.82. The monoisotopic (exact) mass is 460 g/mol. The summed E-state index contributed by atoms with van der Waals surface area (Å²) in [6.07, 6.45) is -10.6. The Labute approximate surface area is 182 Å². The number of aliphatic hydroxyl groups excluding tert-OH is 4. The van der Waals surface area contributed by atoms with Crippen LogP contribution in [0.15, 0.2) is 0 Å². The maximum Gasteiger partial charge on any atom is 0.342 e. The molecule has 32 heavy (non-hydrogen) atoms. The van der Waals surface area contributed by atoms with Gasteiger partial charge in [0.15, 0.2) is 12.4 Å². The van der Waals surface area contributed by atoms with Gasteiger partial charge in [-0.3, -0.25) is 4.79 Å². The molecule has 4 fully saturated rings. The molecule has 0 amide bonds. The van der Waals surface area contributed by atoms with Crippen molar-refractivity contribution in [3.8, 4) is 0 Å². The lowest BCUT2D eigenvalue weighted by Crippen LogP contribution is -2.68. The van der Waals surface area contributed by atoms with Gasteiger partial charge in [-0.15, -0.1) is 0 Å². The predicted molar refractivity (Wildman–Crippen MR) is 99.5 cm³/mol. The molecule has 0 aromatic rings. The minimum Gasteiger partial charge on any atom is -0.481 e. The number of aliphatic hydroxyl groups is 5. The molecular formula is C20H28O12. The molecule has 0 aromatic heterocycles. The molecule has 0 radical (unpaired) electrons. The van der Waals surface area contributed by atoms with Crippen molar-refractivity contribution in [3.05, 3.63) is 0 Å². The Morgan fingerprint density at radius 2 is 1.66 bits per heavy atom. The molecule has 2 saturated carbocycles. The van der Waals surface area contributed by atoms with Crippen molar-refractivity contribution in [1.82, 2.24) is 0 Å². The van der Waals surface area contributed by atoms with Crippen LogP contribution in [-0.2, 0) is 23.9 Å². The summed E-state index contributed by atoms with van der Waals surface area (Å²) in [6, 6.07) is 0. The van der Waals surface area contributed by atoms with Crippen LogP contribution in [0.1, 0.15) is 34.1 Å². The molecule has 4 rings (SSSR count). The topological polar surface area (TPSA) is 211 Å². The van der Waals surface area contributed by atoms with Crippen LogP contribution in [0.5, 0.6) is 0 Å².